The molecule has 1 aliphatic carbocycles. The SMILES string of the molecule is CCC[C@@H]1CC[C@@H](c2ccc(OCC)cc2)C(=O)C1. The summed E-state index contributed by atoms with van der Waals surface area (Å²) in [5.74, 6) is 2.05. The smallest absolute Gasteiger partial charge is 0.140 e. The van der Waals surface area contributed by atoms with Crippen molar-refractivity contribution in [2.24, 2.45) is 5.92 Å². The van der Waals surface area contributed by atoms with E-state index in [1.165, 1.54) is 19.3 Å². The van der Waals surface area contributed by atoms with Gasteiger partial charge < -0.3 is 4.74 Å². The number of rotatable bonds is 5. The van der Waals surface area contributed by atoms with E-state index in [1.54, 1.807) is 0 Å². The van der Waals surface area contributed by atoms with E-state index in [0.717, 1.165) is 24.2 Å². The molecular weight excluding hydrogens is 236 g/mol. The largest absolute Gasteiger partial charge is 0.494 e. The molecule has 0 unspecified atom stereocenters. The van der Waals surface area contributed by atoms with Crippen LogP contribution in [0.15, 0.2) is 24.3 Å². The highest BCUT2D eigenvalue weighted by atomic mass is 16.5. The Bertz CT molecular complexity index is 408. The molecule has 2 atom stereocenters. The lowest BCUT2D eigenvalue weighted by atomic mass is 9.76. The highest BCUT2D eigenvalue weighted by Gasteiger charge is 2.28. The number of ether oxygens (including phenoxy) is 1. The molecule has 19 heavy (non-hydrogen) atoms. The number of hydrogen-bond donors (Lipinski definition) is 0. The zero-order valence-corrected chi connectivity index (χ0v) is 12.0. The fraction of sp³-hybridized carbons (Fsp3) is 0.588. The van der Waals surface area contributed by atoms with Crippen LogP contribution >= 0.6 is 0 Å². The molecular formula is C17H24O2. The van der Waals surface area contributed by atoms with Gasteiger partial charge in [-0.1, -0.05) is 31.9 Å². The second-order valence-corrected chi connectivity index (χ2v) is 5.46. The predicted molar refractivity (Wildman–Crippen MR) is 77.6 cm³/mol. The fourth-order valence-electron chi connectivity index (χ4n) is 3.06. The minimum Gasteiger partial charge on any atom is -0.494 e. The van der Waals surface area contributed by atoms with E-state index < -0.39 is 0 Å². The lowest BCUT2D eigenvalue weighted by Gasteiger charge is -2.27. The molecule has 2 nitrogen and oxygen atoms in total. The first-order chi connectivity index (χ1) is 9.24. The number of Topliss-reactive ketones (excluding diaryl/α,β-unsaturated/α-hetero) is 1. The first kappa shape index (κ1) is 14.1. The van der Waals surface area contributed by atoms with E-state index in [9.17, 15) is 4.79 Å². The molecule has 2 heteroatoms. The quantitative estimate of drug-likeness (QED) is 0.787. The molecule has 0 spiro atoms. The topological polar surface area (TPSA) is 26.3 Å². The monoisotopic (exact) mass is 260 g/mol. The standard InChI is InChI=1S/C17H24O2/c1-3-5-13-6-11-16(17(18)12-13)14-7-9-15(10-8-14)19-4-2/h7-10,13,16H,3-6,11-12H2,1-2H3/t13-,16+/m1/s1. The van der Waals surface area contributed by atoms with Crippen LogP contribution in [0.2, 0.25) is 0 Å². The minimum absolute atomic E-state index is 0.115. The maximum Gasteiger partial charge on any atom is 0.140 e. The minimum atomic E-state index is 0.115. The second kappa shape index (κ2) is 6.74. The fourth-order valence-corrected chi connectivity index (χ4v) is 3.06. The van der Waals surface area contributed by atoms with Crippen LogP contribution in [0.5, 0.6) is 5.75 Å². The van der Waals surface area contributed by atoms with Gasteiger partial charge in [-0.2, -0.15) is 0 Å². The zero-order chi connectivity index (χ0) is 13.7. The molecule has 0 aliphatic heterocycles. The van der Waals surface area contributed by atoms with Crippen molar-refractivity contribution in [2.75, 3.05) is 6.61 Å². The van der Waals surface area contributed by atoms with Crippen LogP contribution in [-0.2, 0) is 4.79 Å². The summed E-state index contributed by atoms with van der Waals surface area (Å²) in [7, 11) is 0. The maximum atomic E-state index is 12.3. The Balaban J connectivity index is 2.00. The number of carbonyl (C=O) groups excluding carboxylic acids is 1. The Morgan fingerprint density at radius 1 is 1.16 bits per heavy atom. The van der Waals surface area contributed by atoms with E-state index in [4.69, 9.17) is 4.74 Å². The van der Waals surface area contributed by atoms with Gasteiger partial charge in [-0.15, -0.1) is 0 Å². The van der Waals surface area contributed by atoms with Gasteiger partial charge in [-0.3, -0.25) is 4.79 Å². The summed E-state index contributed by atoms with van der Waals surface area (Å²) in [6.45, 7) is 4.86. The molecule has 104 valence electrons. The van der Waals surface area contributed by atoms with E-state index >= 15 is 0 Å². The first-order valence-corrected chi connectivity index (χ1v) is 7.50. The molecule has 2 rings (SSSR count). The second-order valence-electron chi connectivity index (χ2n) is 5.46. The molecule has 1 aromatic rings. The van der Waals surface area contributed by atoms with Crippen molar-refractivity contribution >= 4 is 5.78 Å². The van der Waals surface area contributed by atoms with Gasteiger partial charge in [0, 0.05) is 12.3 Å². The molecule has 0 amide bonds. The van der Waals surface area contributed by atoms with Crippen LogP contribution in [0.25, 0.3) is 0 Å². The molecule has 1 aromatic carbocycles. The van der Waals surface area contributed by atoms with Gasteiger partial charge in [0.2, 0.25) is 0 Å². The highest BCUT2D eigenvalue weighted by Crippen LogP contribution is 2.35. The molecule has 0 aromatic heterocycles. The molecule has 0 saturated heterocycles. The molecule has 0 heterocycles. The molecule has 0 bridgehead atoms. The van der Waals surface area contributed by atoms with Gasteiger partial charge in [0.1, 0.15) is 11.5 Å². The number of ketones is 1. The normalized spacial score (nSPS) is 23.4. The maximum absolute atomic E-state index is 12.3. The molecule has 1 fully saturated rings. The third kappa shape index (κ3) is 3.59. The highest BCUT2D eigenvalue weighted by molar-refractivity contribution is 5.86. The van der Waals surface area contributed by atoms with Crippen molar-refractivity contribution in [1.82, 2.24) is 0 Å². The molecule has 1 aliphatic rings. The van der Waals surface area contributed by atoms with E-state index in [-0.39, 0.29) is 5.92 Å². The number of carbonyl (C=O) groups is 1. The summed E-state index contributed by atoms with van der Waals surface area (Å²) in [6.07, 6.45) is 5.36. The average molecular weight is 260 g/mol. The van der Waals surface area contributed by atoms with Gasteiger partial charge in [-0.05, 0) is 43.4 Å². The number of hydrogen-bond acceptors (Lipinski definition) is 2. The molecule has 0 radical (unpaired) electrons. The van der Waals surface area contributed by atoms with Gasteiger partial charge in [0.15, 0.2) is 0 Å². The van der Waals surface area contributed by atoms with Crippen LogP contribution in [-0.4, -0.2) is 12.4 Å². The summed E-state index contributed by atoms with van der Waals surface area (Å²) in [6, 6.07) is 8.05. The van der Waals surface area contributed by atoms with Crippen molar-refractivity contribution in [2.45, 2.75) is 51.9 Å². The summed E-state index contributed by atoms with van der Waals surface area (Å²) in [4.78, 5) is 12.3. The third-order valence-electron chi connectivity index (χ3n) is 4.03. The van der Waals surface area contributed by atoms with Crippen LogP contribution in [0, 0.1) is 5.92 Å². The van der Waals surface area contributed by atoms with Crippen LogP contribution in [0.3, 0.4) is 0 Å². The first-order valence-electron chi connectivity index (χ1n) is 7.50. The van der Waals surface area contributed by atoms with Crippen molar-refractivity contribution in [1.29, 1.82) is 0 Å². The van der Waals surface area contributed by atoms with Crippen molar-refractivity contribution < 1.29 is 9.53 Å². The number of benzene rings is 1. The van der Waals surface area contributed by atoms with Gasteiger partial charge in [0.05, 0.1) is 6.61 Å². The van der Waals surface area contributed by atoms with Crippen LogP contribution in [0.1, 0.15) is 57.4 Å². The Morgan fingerprint density at radius 2 is 1.89 bits per heavy atom. The molecule has 1 saturated carbocycles. The van der Waals surface area contributed by atoms with Crippen LogP contribution in [0.4, 0.5) is 0 Å². The van der Waals surface area contributed by atoms with Gasteiger partial charge in [-0.25, -0.2) is 0 Å². The lowest BCUT2D eigenvalue weighted by molar-refractivity contribution is -0.123. The van der Waals surface area contributed by atoms with E-state index in [2.05, 4.69) is 6.92 Å². The summed E-state index contributed by atoms with van der Waals surface area (Å²) in [5, 5.41) is 0. The van der Waals surface area contributed by atoms with Crippen LogP contribution < -0.4 is 4.74 Å². The van der Waals surface area contributed by atoms with Crippen molar-refractivity contribution in [3.63, 3.8) is 0 Å². The Labute approximate surface area is 116 Å². The Kier molecular flexibility index (Phi) is 5.00. The van der Waals surface area contributed by atoms with Crippen molar-refractivity contribution in [3.05, 3.63) is 29.8 Å². The Hall–Kier alpha value is -1.31. The van der Waals surface area contributed by atoms with Crippen molar-refractivity contribution in [3.8, 4) is 5.75 Å². The lowest BCUT2D eigenvalue weighted by Crippen LogP contribution is -2.23. The summed E-state index contributed by atoms with van der Waals surface area (Å²) < 4.78 is 5.44. The third-order valence-corrected chi connectivity index (χ3v) is 4.03. The Morgan fingerprint density at radius 3 is 2.47 bits per heavy atom. The zero-order valence-electron chi connectivity index (χ0n) is 12.0. The summed E-state index contributed by atoms with van der Waals surface area (Å²) in [5.41, 5.74) is 1.16. The predicted octanol–water partition coefficient (Wildman–Crippen LogP) is 4.34. The summed E-state index contributed by atoms with van der Waals surface area (Å²) >= 11 is 0. The van der Waals surface area contributed by atoms with Gasteiger partial charge in [0.25, 0.3) is 0 Å². The van der Waals surface area contributed by atoms with Gasteiger partial charge >= 0.3 is 0 Å². The average Bonchev–Trinajstić information content (AvgIpc) is 2.41. The molecule has 0 N–H and O–H groups in total. The van der Waals surface area contributed by atoms with E-state index in [1.807, 2.05) is 31.2 Å². The van der Waals surface area contributed by atoms with E-state index in [0.29, 0.717) is 18.3 Å².